The summed E-state index contributed by atoms with van der Waals surface area (Å²) in [5.74, 6) is 1.23. The maximum Gasteiger partial charge on any atom is 0.313 e. The Labute approximate surface area is 215 Å². The van der Waals surface area contributed by atoms with Gasteiger partial charge in [-0.1, -0.05) is 62.4 Å². The predicted octanol–water partition coefficient (Wildman–Crippen LogP) is 6.72. The average Bonchev–Trinajstić information content (AvgIpc) is 2.91. The number of nitrogens with zero attached hydrogens (tertiary/aromatic N) is 2. The molecule has 0 amide bonds. The number of rotatable bonds is 8. The van der Waals surface area contributed by atoms with Crippen LogP contribution >= 0.6 is 0 Å². The molecule has 6 rings (SSSR count). The third kappa shape index (κ3) is 4.97. The molecule has 4 heteroatoms. The lowest BCUT2D eigenvalue weighted by molar-refractivity contribution is -0.158. The quantitative estimate of drug-likeness (QED) is 0.264. The Hall–Kier alpha value is -2.98. The van der Waals surface area contributed by atoms with Crippen molar-refractivity contribution < 1.29 is 9.53 Å². The number of piperidine rings is 3. The largest absolute Gasteiger partial charge is 0.455 e. The van der Waals surface area contributed by atoms with Gasteiger partial charge in [0.2, 0.25) is 0 Å². The van der Waals surface area contributed by atoms with Crippen molar-refractivity contribution in [1.82, 2.24) is 9.88 Å². The zero-order valence-corrected chi connectivity index (χ0v) is 21.8. The standard InChI is InChI=1S/C32H38N2O2/c1-5-24-20-34-17-15-26(24)19-30(34)31(28-14-16-33-29-9-7-6-8-27(28)29)36-32(35)22(4)25-12-10-23(11-13-25)18-21(2)3/h5-14,16,21-22,24,26,30-31H,1,15,17-20H2,2-4H3/t22-,24-,26+,30-,31-/m0/s1. The van der Waals surface area contributed by atoms with Crippen LogP contribution in [0.2, 0.25) is 0 Å². The summed E-state index contributed by atoms with van der Waals surface area (Å²) in [5.41, 5.74) is 4.30. The SMILES string of the molecule is C=C[C@H]1CN2CC[C@@H]1C[C@H]2[C@@H](OC(=O)[C@@H](C)c1ccc(CC(C)C)cc1)c1ccnc2ccccc12. The van der Waals surface area contributed by atoms with Crippen LogP contribution < -0.4 is 0 Å². The van der Waals surface area contributed by atoms with Crippen molar-refractivity contribution in [1.29, 1.82) is 0 Å². The second kappa shape index (κ2) is 10.6. The van der Waals surface area contributed by atoms with E-state index in [-0.39, 0.29) is 24.0 Å². The van der Waals surface area contributed by atoms with E-state index < -0.39 is 0 Å². The summed E-state index contributed by atoms with van der Waals surface area (Å²) in [6, 6.07) is 18.8. The molecule has 1 unspecified atom stereocenters. The van der Waals surface area contributed by atoms with Crippen LogP contribution in [0.1, 0.15) is 62.3 Å². The number of hydrogen-bond donors (Lipinski definition) is 0. The molecule has 3 fully saturated rings. The summed E-state index contributed by atoms with van der Waals surface area (Å²) in [7, 11) is 0. The Morgan fingerprint density at radius 2 is 1.92 bits per heavy atom. The molecule has 6 atom stereocenters. The topological polar surface area (TPSA) is 42.4 Å². The van der Waals surface area contributed by atoms with E-state index in [1.165, 1.54) is 12.0 Å². The molecule has 2 bridgehead atoms. The summed E-state index contributed by atoms with van der Waals surface area (Å²) in [6.07, 6.45) is 6.87. The minimum absolute atomic E-state index is 0.162. The molecule has 188 valence electrons. The van der Waals surface area contributed by atoms with Crippen molar-refractivity contribution in [2.24, 2.45) is 17.8 Å². The van der Waals surface area contributed by atoms with E-state index >= 15 is 0 Å². The van der Waals surface area contributed by atoms with Gasteiger partial charge in [0.05, 0.1) is 17.5 Å². The second-order valence-corrected chi connectivity index (χ2v) is 11.1. The lowest BCUT2D eigenvalue weighted by atomic mass is 9.73. The minimum Gasteiger partial charge on any atom is -0.455 e. The molecule has 4 nitrogen and oxygen atoms in total. The number of ether oxygens (including phenoxy) is 1. The van der Waals surface area contributed by atoms with Crippen molar-refractivity contribution in [3.63, 3.8) is 0 Å². The van der Waals surface area contributed by atoms with Gasteiger partial charge in [0, 0.05) is 23.7 Å². The molecule has 0 aliphatic carbocycles. The van der Waals surface area contributed by atoms with Crippen LogP contribution in [0.25, 0.3) is 10.9 Å². The fourth-order valence-corrected chi connectivity index (χ4v) is 6.18. The molecule has 2 aromatic carbocycles. The molecule has 0 spiro atoms. The molecule has 36 heavy (non-hydrogen) atoms. The summed E-state index contributed by atoms with van der Waals surface area (Å²) in [4.78, 5) is 20.7. The first kappa shape index (κ1) is 24.7. The fourth-order valence-electron chi connectivity index (χ4n) is 6.18. The average molecular weight is 483 g/mol. The Morgan fingerprint density at radius 1 is 1.14 bits per heavy atom. The van der Waals surface area contributed by atoms with Gasteiger partial charge in [-0.15, -0.1) is 6.58 Å². The molecule has 3 saturated heterocycles. The number of para-hydroxylation sites is 1. The van der Waals surface area contributed by atoms with Gasteiger partial charge < -0.3 is 4.74 Å². The molecule has 1 aromatic heterocycles. The van der Waals surface area contributed by atoms with E-state index in [2.05, 4.69) is 66.7 Å². The van der Waals surface area contributed by atoms with Crippen molar-refractivity contribution in [2.45, 2.75) is 58.1 Å². The normalized spacial score (nSPS) is 25.0. The number of pyridine rings is 1. The third-order valence-electron chi connectivity index (χ3n) is 8.21. The number of carbonyl (C=O) groups is 1. The zero-order valence-electron chi connectivity index (χ0n) is 21.8. The van der Waals surface area contributed by atoms with Crippen LogP contribution in [0.15, 0.2) is 73.4 Å². The summed E-state index contributed by atoms with van der Waals surface area (Å²) < 4.78 is 6.48. The highest BCUT2D eigenvalue weighted by molar-refractivity contribution is 5.83. The van der Waals surface area contributed by atoms with Gasteiger partial charge in [-0.05, 0) is 73.7 Å². The maximum atomic E-state index is 13.6. The Balaban J connectivity index is 1.44. The van der Waals surface area contributed by atoms with E-state index in [1.807, 2.05) is 37.4 Å². The lowest BCUT2D eigenvalue weighted by Gasteiger charge is -2.51. The molecule has 0 saturated carbocycles. The van der Waals surface area contributed by atoms with Gasteiger partial charge in [-0.2, -0.15) is 0 Å². The van der Waals surface area contributed by atoms with Gasteiger partial charge in [0.1, 0.15) is 6.10 Å². The maximum absolute atomic E-state index is 13.6. The van der Waals surface area contributed by atoms with Gasteiger partial charge in [0.25, 0.3) is 0 Å². The molecule has 3 aliphatic rings. The zero-order chi connectivity index (χ0) is 25.2. The van der Waals surface area contributed by atoms with Crippen LogP contribution in [-0.2, 0) is 16.0 Å². The molecular weight excluding hydrogens is 444 g/mol. The van der Waals surface area contributed by atoms with Crippen molar-refractivity contribution in [2.75, 3.05) is 13.1 Å². The van der Waals surface area contributed by atoms with E-state index in [0.29, 0.717) is 17.8 Å². The number of fused-ring (bicyclic) bond motifs is 4. The molecule has 0 N–H and O–H groups in total. The smallest absolute Gasteiger partial charge is 0.313 e. The summed E-state index contributed by atoms with van der Waals surface area (Å²) >= 11 is 0. The Bertz CT molecular complexity index is 1210. The van der Waals surface area contributed by atoms with E-state index in [1.54, 1.807) is 0 Å². The second-order valence-electron chi connectivity index (χ2n) is 11.1. The monoisotopic (exact) mass is 482 g/mol. The van der Waals surface area contributed by atoms with Crippen LogP contribution in [0.5, 0.6) is 0 Å². The Kier molecular flexibility index (Phi) is 7.25. The van der Waals surface area contributed by atoms with Gasteiger partial charge in [0.15, 0.2) is 0 Å². The van der Waals surface area contributed by atoms with Crippen molar-refractivity contribution >= 4 is 16.9 Å². The summed E-state index contributed by atoms with van der Waals surface area (Å²) in [6.45, 7) is 12.5. The molecule has 0 radical (unpaired) electrons. The first-order valence-corrected chi connectivity index (χ1v) is 13.4. The van der Waals surface area contributed by atoms with Gasteiger partial charge in [-0.3, -0.25) is 14.7 Å². The van der Waals surface area contributed by atoms with Crippen LogP contribution in [0.4, 0.5) is 0 Å². The number of esters is 1. The van der Waals surface area contributed by atoms with Crippen LogP contribution in [0, 0.1) is 17.8 Å². The Morgan fingerprint density at radius 3 is 2.61 bits per heavy atom. The molecular formula is C32H38N2O2. The van der Waals surface area contributed by atoms with E-state index in [0.717, 1.165) is 48.0 Å². The highest BCUT2D eigenvalue weighted by Gasteiger charge is 2.44. The number of benzene rings is 2. The van der Waals surface area contributed by atoms with Gasteiger partial charge >= 0.3 is 5.97 Å². The number of carbonyl (C=O) groups excluding carboxylic acids is 1. The highest BCUT2D eigenvalue weighted by atomic mass is 16.5. The summed E-state index contributed by atoms with van der Waals surface area (Å²) in [5, 5.41) is 1.06. The first-order valence-electron chi connectivity index (χ1n) is 13.4. The highest BCUT2D eigenvalue weighted by Crippen LogP contribution is 2.43. The number of aromatic nitrogens is 1. The van der Waals surface area contributed by atoms with E-state index in [9.17, 15) is 4.79 Å². The molecule has 3 aliphatic heterocycles. The lowest BCUT2D eigenvalue weighted by Crippen LogP contribution is -2.55. The number of hydrogen-bond acceptors (Lipinski definition) is 4. The van der Waals surface area contributed by atoms with Crippen LogP contribution in [-0.4, -0.2) is 35.0 Å². The predicted molar refractivity (Wildman–Crippen MR) is 146 cm³/mol. The van der Waals surface area contributed by atoms with Crippen molar-refractivity contribution in [3.8, 4) is 0 Å². The third-order valence-corrected chi connectivity index (χ3v) is 8.21. The molecule has 3 aromatic rings. The fraction of sp³-hybridized carbons (Fsp3) is 0.438. The van der Waals surface area contributed by atoms with Crippen molar-refractivity contribution in [3.05, 3.63) is 90.1 Å². The van der Waals surface area contributed by atoms with Gasteiger partial charge in [-0.25, -0.2) is 0 Å². The van der Waals surface area contributed by atoms with E-state index in [4.69, 9.17) is 4.74 Å². The first-order chi connectivity index (χ1) is 17.4. The molecule has 4 heterocycles. The minimum atomic E-state index is -0.332. The van der Waals surface area contributed by atoms with Crippen LogP contribution in [0.3, 0.4) is 0 Å².